The average molecular weight is 277 g/mol. The molecule has 0 unspecified atom stereocenters. The molecule has 82 valence electrons. The maximum absolute atomic E-state index is 4.42. The van der Waals surface area contributed by atoms with Crippen LogP contribution in [0.3, 0.4) is 0 Å². The summed E-state index contributed by atoms with van der Waals surface area (Å²) >= 11 is 3.39. The van der Waals surface area contributed by atoms with Gasteiger partial charge < -0.3 is 0 Å². The van der Waals surface area contributed by atoms with Crippen LogP contribution in [0.15, 0.2) is 34.9 Å². The molecule has 3 heteroatoms. The van der Waals surface area contributed by atoms with Crippen LogP contribution in [0.4, 0.5) is 0 Å². The molecule has 0 atom stereocenters. The SMILES string of the molecule is CCc1ccc(-c2cc(Br)nc(C)n2)cc1. The predicted octanol–water partition coefficient (Wildman–Crippen LogP) is 3.78. The molecule has 0 bridgehead atoms. The summed E-state index contributed by atoms with van der Waals surface area (Å²) in [5.74, 6) is 0.781. The molecule has 0 aliphatic heterocycles. The van der Waals surface area contributed by atoms with Crippen LogP contribution in [-0.2, 0) is 6.42 Å². The van der Waals surface area contributed by atoms with Crippen molar-refractivity contribution in [2.45, 2.75) is 20.3 Å². The van der Waals surface area contributed by atoms with Crippen LogP contribution >= 0.6 is 15.9 Å². The Hall–Kier alpha value is -1.22. The van der Waals surface area contributed by atoms with Gasteiger partial charge in [-0.2, -0.15) is 0 Å². The number of rotatable bonds is 2. The first-order valence-electron chi connectivity index (χ1n) is 5.29. The van der Waals surface area contributed by atoms with E-state index in [0.717, 1.165) is 28.1 Å². The lowest BCUT2D eigenvalue weighted by Gasteiger charge is -2.04. The third kappa shape index (κ3) is 2.47. The van der Waals surface area contributed by atoms with E-state index in [9.17, 15) is 0 Å². The fraction of sp³-hybridized carbons (Fsp3) is 0.231. The summed E-state index contributed by atoms with van der Waals surface area (Å²) in [6, 6.07) is 10.4. The summed E-state index contributed by atoms with van der Waals surface area (Å²) in [6.07, 6.45) is 1.06. The molecule has 2 rings (SSSR count). The van der Waals surface area contributed by atoms with E-state index >= 15 is 0 Å². The summed E-state index contributed by atoms with van der Waals surface area (Å²) in [6.45, 7) is 4.05. The molecule has 0 aliphatic carbocycles. The van der Waals surface area contributed by atoms with Crippen LogP contribution in [0.5, 0.6) is 0 Å². The highest BCUT2D eigenvalue weighted by Crippen LogP contribution is 2.20. The minimum Gasteiger partial charge on any atom is -0.233 e. The minimum atomic E-state index is 0.781. The maximum atomic E-state index is 4.42. The van der Waals surface area contributed by atoms with Gasteiger partial charge in [0, 0.05) is 5.56 Å². The standard InChI is InChI=1S/C13H13BrN2/c1-3-10-4-6-11(7-5-10)12-8-13(14)16-9(2)15-12/h4-8H,3H2,1-2H3. The molecule has 0 fully saturated rings. The van der Waals surface area contributed by atoms with Gasteiger partial charge in [0.25, 0.3) is 0 Å². The van der Waals surface area contributed by atoms with E-state index in [-0.39, 0.29) is 0 Å². The lowest BCUT2D eigenvalue weighted by molar-refractivity contribution is 1.04. The molecule has 2 aromatic rings. The molecule has 0 spiro atoms. The molecule has 1 heterocycles. The van der Waals surface area contributed by atoms with Crippen molar-refractivity contribution in [3.8, 4) is 11.3 Å². The van der Waals surface area contributed by atoms with Crippen LogP contribution in [0, 0.1) is 6.92 Å². The van der Waals surface area contributed by atoms with E-state index in [0.29, 0.717) is 0 Å². The molecule has 0 aliphatic rings. The van der Waals surface area contributed by atoms with Crippen molar-refractivity contribution in [1.29, 1.82) is 0 Å². The molecule has 0 amide bonds. The van der Waals surface area contributed by atoms with Gasteiger partial charge in [-0.05, 0) is 40.9 Å². The highest BCUT2D eigenvalue weighted by Gasteiger charge is 2.02. The zero-order valence-corrected chi connectivity index (χ0v) is 11.0. The van der Waals surface area contributed by atoms with Gasteiger partial charge in [-0.15, -0.1) is 0 Å². The lowest BCUT2D eigenvalue weighted by Crippen LogP contribution is -1.92. The number of benzene rings is 1. The quantitative estimate of drug-likeness (QED) is 0.781. The maximum Gasteiger partial charge on any atom is 0.127 e. The van der Waals surface area contributed by atoms with Crippen molar-refractivity contribution >= 4 is 15.9 Å². The molecule has 16 heavy (non-hydrogen) atoms. The first kappa shape index (κ1) is 11.3. The van der Waals surface area contributed by atoms with Crippen molar-refractivity contribution < 1.29 is 0 Å². The van der Waals surface area contributed by atoms with E-state index in [1.807, 2.05) is 13.0 Å². The van der Waals surface area contributed by atoms with Crippen molar-refractivity contribution in [3.05, 3.63) is 46.3 Å². The number of hydrogen-bond donors (Lipinski definition) is 0. The molecule has 2 nitrogen and oxygen atoms in total. The van der Waals surface area contributed by atoms with Crippen molar-refractivity contribution in [2.24, 2.45) is 0 Å². The molecule has 1 aromatic heterocycles. The van der Waals surface area contributed by atoms with Gasteiger partial charge in [0.15, 0.2) is 0 Å². The smallest absolute Gasteiger partial charge is 0.127 e. The fourth-order valence-electron chi connectivity index (χ4n) is 1.59. The Morgan fingerprint density at radius 1 is 1.12 bits per heavy atom. The Morgan fingerprint density at radius 2 is 1.81 bits per heavy atom. The largest absolute Gasteiger partial charge is 0.233 e. The zero-order chi connectivity index (χ0) is 11.5. The normalized spacial score (nSPS) is 10.4. The second kappa shape index (κ2) is 4.74. The van der Waals surface area contributed by atoms with Gasteiger partial charge in [0.05, 0.1) is 5.69 Å². The van der Waals surface area contributed by atoms with Gasteiger partial charge in [0.2, 0.25) is 0 Å². The van der Waals surface area contributed by atoms with Gasteiger partial charge in [-0.1, -0.05) is 31.2 Å². The predicted molar refractivity (Wildman–Crippen MR) is 69.3 cm³/mol. The van der Waals surface area contributed by atoms with Crippen LogP contribution in [-0.4, -0.2) is 9.97 Å². The highest BCUT2D eigenvalue weighted by molar-refractivity contribution is 9.10. The Kier molecular flexibility index (Phi) is 3.34. The third-order valence-corrected chi connectivity index (χ3v) is 2.87. The first-order chi connectivity index (χ1) is 7.69. The number of aromatic nitrogens is 2. The van der Waals surface area contributed by atoms with E-state index in [1.165, 1.54) is 5.56 Å². The Bertz CT molecular complexity index is 472. The van der Waals surface area contributed by atoms with Crippen molar-refractivity contribution in [3.63, 3.8) is 0 Å². The van der Waals surface area contributed by atoms with E-state index < -0.39 is 0 Å². The molecular weight excluding hydrogens is 264 g/mol. The summed E-state index contributed by atoms with van der Waals surface area (Å²) < 4.78 is 0.828. The minimum absolute atomic E-state index is 0.781. The molecule has 1 aromatic carbocycles. The topological polar surface area (TPSA) is 25.8 Å². The fourth-order valence-corrected chi connectivity index (χ4v) is 2.06. The molecule has 0 saturated carbocycles. The van der Waals surface area contributed by atoms with Gasteiger partial charge >= 0.3 is 0 Å². The van der Waals surface area contributed by atoms with E-state index in [1.54, 1.807) is 0 Å². The summed E-state index contributed by atoms with van der Waals surface area (Å²) in [5.41, 5.74) is 3.43. The second-order valence-electron chi connectivity index (χ2n) is 3.67. The van der Waals surface area contributed by atoms with E-state index in [2.05, 4.69) is 57.1 Å². The molecular formula is C13H13BrN2. The third-order valence-electron chi connectivity index (χ3n) is 2.46. The number of nitrogens with zero attached hydrogens (tertiary/aromatic N) is 2. The number of hydrogen-bond acceptors (Lipinski definition) is 2. The van der Waals surface area contributed by atoms with Crippen LogP contribution in [0.2, 0.25) is 0 Å². The number of halogens is 1. The van der Waals surface area contributed by atoms with Gasteiger partial charge in [-0.25, -0.2) is 9.97 Å². The van der Waals surface area contributed by atoms with Crippen LogP contribution in [0.25, 0.3) is 11.3 Å². The average Bonchev–Trinajstić information content (AvgIpc) is 2.28. The second-order valence-corrected chi connectivity index (χ2v) is 4.49. The van der Waals surface area contributed by atoms with Crippen LogP contribution < -0.4 is 0 Å². The van der Waals surface area contributed by atoms with Crippen molar-refractivity contribution in [2.75, 3.05) is 0 Å². The monoisotopic (exact) mass is 276 g/mol. The van der Waals surface area contributed by atoms with Gasteiger partial charge in [0.1, 0.15) is 10.4 Å². The molecule has 0 N–H and O–H groups in total. The summed E-state index contributed by atoms with van der Waals surface area (Å²) in [5, 5.41) is 0. The zero-order valence-electron chi connectivity index (χ0n) is 9.37. The van der Waals surface area contributed by atoms with Crippen LogP contribution in [0.1, 0.15) is 18.3 Å². The summed E-state index contributed by atoms with van der Waals surface area (Å²) in [7, 11) is 0. The Labute approximate surface area is 104 Å². The molecule has 0 radical (unpaired) electrons. The highest BCUT2D eigenvalue weighted by atomic mass is 79.9. The Balaban J connectivity index is 2.42. The molecule has 0 saturated heterocycles. The first-order valence-corrected chi connectivity index (χ1v) is 6.09. The van der Waals surface area contributed by atoms with E-state index in [4.69, 9.17) is 0 Å². The van der Waals surface area contributed by atoms with Crippen molar-refractivity contribution in [1.82, 2.24) is 9.97 Å². The lowest BCUT2D eigenvalue weighted by atomic mass is 10.1. The van der Waals surface area contributed by atoms with Gasteiger partial charge in [-0.3, -0.25) is 0 Å². The Morgan fingerprint density at radius 3 is 2.38 bits per heavy atom. The number of aryl methyl sites for hydroxylation is 2. The summed E-state index contributed by atoms with van der Waals surface area (Å²) in [4.78, 5) is 8.62.